The predicted octanol–water partition coefficient (Wildman–Crippen LogP) is 2.20. The Hall–Kier alpha value is -2.34. The first-order valence-electron chi connectivity index (χ1n) is 7.81. The van der Waals surface area contributed by atoms with Crippen molar-refractivity contribution in [2.24, 2.45) is 0 Å². The highest BCUT2D eigenvalue weighted by molar-refractivity contribution is 6.00. The third-order valence-electron chi connectivity index (χ3n) is 3.71. The first kappa shape index (κ1) is 17.0. The normalized spacial score (nSPS) is 15.1. The fourth-order valence-electron chi connectivity index (χ4n) is 2.49. The second kappa shape index (κ2) is 8.33. The molecule has 1 heterocycles. The number of amides is 2. The van der Waals surface area contributed by atoms with Crippen molar-refractivity contribution in [2.45, 2.75) is 6.92 Å². The van der Waals surface area contributed by atoms with Gasteiger partial charge in [0.05, 0.1) is 17.9 Å². The molecule has 0 atom stereocenters. The zero-order valence-corrected chi connectivity index (χ0v) is 13.5. The Balaban J connectivity index is 1.98. The monoisotopic (exact) mass is 317 g/mol. The molecule has 0 aliphatic carbocycles. The lowest BCUT2D eigenvalue weighted by Gasteiger charge is -2.34. The lowest BCUT2D eigenvalue weighted by molar-refractivity contribution is 0.0527. The molecule has 0 radical (unpaired) electrons. The van der Waals surface area contributed by atoms with Crippen LogP contribution in [0.25, 0.3) is 0 Å². The van der Waals surface area contributed by atoms with Crippen LogP contribution in [0.1, 0.15) is 17.3 Å². The van der Waals surface area contributed by atoms with Crippen molar-refractivity contribution < 1.29 is 14.3 Å². The number of nitrogens with zero attached hydrogens (tertiary/aromatic N) is 2. The van der Waals surface area contributed by atoms with Gasteiger partial charge < -0.3 is 15.0 Å². The molecule has 1 aliphatic rings. The van der Waals surface area contributed by atoms with Gasteiger partial charge in [0.1, 0.15) is 0 Å². The summed E-state index contributed by atoms with van der Waals surface area (Å²) in [5.41, 5.74) is 0.845. The van der Waals surface area contributed by atoms with Crippen molar-refractivity contribution in [3.63, 3.8) is 0 Å². The van der Waals surface area contributed by atoms with E-state index in [4.69, 9.17) is 4.74 Å². The standard InChI is InChI=1S/C17H23N3O3/c1-3-9-19-10-12-20(13-11-19)17(22)18-15-8-6-5-7-14(15)16(21)23-4-2/h3,5-8H,1,4,9-13H2,2H3,(H,18,22). The van der Waals surface area contributed by atoms with Gasteiger partial charge in [0.25, 0.3) is 0 Å². The van der Waals surface area contributed by atoms with Crippen molar-refractivity contribution in [1.82, 2.24) is 9.80 Å². The van der Waals surface area contributed by atoms with Crippen LogP contribution in [-0.4, -0.2) is 61.1 Å². The van der Waals surface area contributed by atoms with E-state index in [1.54, 1.807) is 36.1 Å². The van der Waals surface area contributed by atoms with Gasteiger partial charge in [-0.25, -0.2) is 9.59 Å². The largest absolute Gasteiger partial charge is 0.462 e. The van der Waals surface area contributed by atoms with Crippen molar-refractivity contribution in [3.8, 4) is 0 Å². The average Bonchev–Trinajstić information content (AvgIpc) is 2.56. The van der Waals surface area contributed by atoms with Gasteiger partial charge in [0.2, 0.25) is 0 Å². The lowest BCUT2D eigenvalue weighted by Crippen LogP contribution is -2.50. The predicted molar refractivity (Wildman–Crippen MR) is 89.6 cm³/mol. The number of carbonyl (C=O) groups excluding carboxylic acids is 2. The first-order valence-corrected chi connectivity index (χ1v) is 7.81. The van der Waals surface area contributed by atoms with E-state index in [0.29, 0.717) is 30.9 Å². The third kappa shape index (κ3) is 4.56. The number of urea groups is 1. The van der Waals surface area contributed by atoms with Crippen molar-refractivity contribution in [2.75, 3.05) is 44.6 Å². The van der Waals surface area contributed by atoms with Crippen molar-refractivity contribution in [3.05, 3.63) is 42.5 Å². The molecule has 1 saturated heterocycles. The number of benzene rings is 1. The van der Waals surface area contributed by atoms with Gasteiger partial charge in [-0.3, -0.25) is 4.90 Å². The van der Waals surface area contributed by atoms with Gasteiger partial charge in [-0.15, -0.1) is 6.58 Å². The van der Waals surface area contributed by atoms with Gasteiger partial charge in [-0.1, -0.05) is 18.2 Å². The van der Waals surface area contributed by atoms with Crippen LogP contribution >= 0.6 is 0 Å². The first-order chi connectivity index (χ1) is 11.2. The van der Waals surface area contributed by atoms with Crippen LogP contribution in [0.2, 0.25) is 0 Å². The maximum Gasteiger partial charge on any atom is 0.340 e. The van der Waals surface area contributed by atoms with Gasteiger partial charge in [-0.2, -0.15) is 0 Å². The molecule has 0 spiro atoms. The second-order valence-corrected chi connectivity index (χ2v) is 5.27. The average molecular weight is 317 g/mol. The van der Waals surface area contributed by atoms with E-state index >= 15 is 0 Å². The molecular weight excluding hydrogens is 294 g/mol. The minimum Gasteiger partial charge on any atom is -0.462 e. The van der Waals surface area contributed by atoms with Crippen LogP contribution in [0.4, 0.5) is 10.5 Å². The van der Waals surface area contributed by atoms with E-state index in [-0.39, 0.29) is 6.03 Å². The number of nitrogens with one attached hydrogen (secondary N) is 1. The fraction of sp³-hybridized carbons (Fsp3) is 0.412. The summed E-state index contributed by atoms with van der Waals surface area (Å²) in [5, 5.41) is 2.81. The molecule has 23 heavy (non-hydrogen) atoms. The second-order valence-electron chi connectivity index (χ2n) is 5.27. The van der Waals surface area contributed by atoms with Crippen molar-refractivity contribution >= 4 is 17.7 Å². The van der Waals surface area contributed by atoms with Gasteiger partial charge in [0, 0.05) is 32.7 Å². The third-order valence-corrected chi connectivity index (χ3v) is 3.71. The molecule has 6 heteroatoms. The summed E-state index contributed by atoms with van der Waals surface area (Å²) >= 11 is 0. The maximum absolute atomic E-state index is 12.4. The number of carbonyl (C=O) groups is 2. The van der Waals surface area contributed by atoms with E-state index in [1.807, 2.05) is 6.08 Å². The molecule has 0 unspecified atom stereocenters. The maximum atomic E-state index is 12.4. The molecule has 0 saturated carbocycles. The molecule has 0 aromatic heterocycles. The number of para-hydroxylation sites is 1. The number of ether oxygens (including phenoxy) is 1. The number of esters is 1. The van der Waals surface area contributed by atoms with Crippen LogP contribution in [-0.2, 0) is 4.74 Å². The van der Waals surface area contributed by atoms with E-state index in [1.165, 1.54) is 0 Å². The number of hydrogen-bond donors (Lipinski definition) is 1. The van der Waals surface area contributed by atoms with Crippen LogP contribution in [0.15, 0.2) is 36.9 Å². The highest BCUT2D eigenvalue weighted by Crippen LogP contribution is 2.17. The number of anilines is 1. The molecule has 1 aromatic rings. The quantitative estimate of drug-likeness (QED) is 0.668. The van der Waals surface area contributed by atoms with E-state index < -0.39 is 5.97 Å². The molecule has 124 valence electrons. The summed E-state index contributed by atoms with van der Waals surface area (Å²) in [4.78, 5) is 28.3. The van der Waals surface area contributed by atoms with Crippen LogP contribution in [0, 0.1) is 0 Å². The van der Waals surface area contributed by atoms with Crippen LogP contribution < -0.4 is 5.32 Å². The molecule has 2 amide bonds. The Morgan fingerprint density at radius 3 is 2.61 bits per heavy atom. The summed E-state index contributed by atoms with van der Waals surface area (Å²) in [6.45, 7) is 9.56. The Kier molecular flexibility index (Phi) is 6.17. The molecule has 6 nitrogen and oxygen atoms in total. The van der Waals surface area contributed by atoms with E-state index in [9.17, 15) is 9.59 Å². The SMILES string of the molecule is C=CCN1CCN(C(=O)Nc2ccccc2C(=O)OCC)CC1. The van der Waals surface area contributed by atoms with E-state index in [0.717, 1.165) is 19.6 Å². The van der Waals surface area contributed by atoms with Crippen LogP contribution in [0.5, 0.6) is 0 Å². The summed E-state index contributed by atoms with van der Waals surface area (Å²) in [6, 6.07) is 6.68. The lowest BCUT2D eigenvalue weighted by atomic mass is 10.2. The van der Waals surface area contributed by atoms with Gasteiger partial charge in [-0.05, 0) is 19.1 Å². The van der Waals surface area contributed by atoms with Crippen LogP contribution in [0.3, 0.4) is 0 Å². The molecule has 1 aliphatic heterocycles. The highest BCUT2D eigenvalue weighted by atomic mass is 16.5. The Labute approximate surface area is 136 Å². The van der Waals surface area contributed by atoms with Crippen molar-refractivity contribution in [1.29, 1.82) is 0 Å². The molecule has 2 rings (SSSR count). The smallest absolute Gasteiger partial charge is 0.340 e. The summed E-state index contributed by atoms with van der Waals surface area (Å²) in [7, 11) is 0. The molecule has 0 bridgehead atoms. The van der Waals surface area contributed by atoms with E-state index in [2.05, 4.69) is 16.8 Å². The molecule has 1 N–H and O–H groups in total. The molecular formula is C17H23N3O3. The minimum atomic E-state index is -0.431. The Bertz CT molecular complexity index is 566. The zero-order chi connectivity index (χ0) is 16.7. The van der Waals surface area contributed by atoms with Gasteiger partial charge >= 0.3 is 12.0 Å². The molecule has 1 aromatic carbocycles. The Morgan fingerprint density at radius 1 is 1.26 bits per heavy atom. The Morgan fingerprint density at radius 2 is 1.96 bits per heavy atom. The van der Waals surface area contributed by atoms with Gasteiger partial charge in [0.15, 0.2) is 0 Å². The zero-order valence-electron chi connectivity index (χ0n) is 13.5. The number of piperazine rings is 1. The summed E-state index contributed by atoms with van der Waals surface area (Å²) < 4.78 is 5.02. The molecule has 1 fully saturated rings. The number of hydrogen-bond acceptors (Lipinski definition) is 4. The minimum absolute atomic E-state index is 0.194. The highest BCUT2D eigenvalue weighted by Gasteiger charge is 2.22. The topological polar surface area (TPSA) is 61.9 Å². The fourth-order valence-corrected chi connectivity index (χ4v) is 2.49. The summed E-state index contributed by atoms with van der Waals surface area (Å²) in [5.74, 6) is -0.431. The number of rotatable bonds is 5. The summed E-state index contributed by atoms with van der Waals surface area (Å²) in [6.07, 6.45) is 1.87.